The van der Waals surface area contributed by atoms with Crippen LogP contribution in [0.5, 0.6) is 0 Å². The maximum Gasteiger partial charge on any atom is 0.330 e. The molecule has 1 aromatic rings. The van der Waals surface area contributed by atoms with Gasteiger partial charge in [0.2, 0.25) is 0 Å². The summed E-state index contributed by atoms with van der Waals surface area (Å²) >= 11 is 0. The minimum absolute atomic E-state index is 0.124. The number of aryl methyl sites for hydroxylation is 1. The van der Waals surface area contributed by atoms with Gasteiger partial charge in [0, 0.05) is 43.6 Å². The van der Waals surface area contributed by atoms with Gasteiger partial charge in [0.15, 0.2) is 12.1 Å². The Balaban J connectivity index is 1.19. The van der Waals surface area contributed by atoms with Gasteiger partial charge in [-0.2, -0.15) is 0 Å². The van der Waals surface area contributed by atoms with Gasteiger partial charge in [-0.1, -0.05) is 0 Å². The molecule has 0 aromatic carbocycles. The number of nitrogens with zero attached hydrogens (tertiary/aromatic N) is 2. The van der Waals surface area contributed by atoms with Gasteiger partial charge < -0.3 is 33.1 Å². The largest absolute Gasteiger partial charge is 0.394 e. The molecule has 4 aliphatic heterocycles. The maximum absolute atomic E-state index is 12.4. The highest BCUT2D eigenvalue weighted by atomic mass is 31.2. The average molecular weight is 528 g/mol. The van der Waals surface area contributed by atoms with Crippen LogP contribution in [0.3, 0.4) is 0 Å². The van der Waals surface area contributed by atoms with Crippen molar-refractivity contribution in [2.24, 2.45) is 0 Å². The molecule has 1 aliphatic carbocycles. The summed E-state index contributed by atoms with van der Waals surface area (Å²) in [6, 6.07) is 0.124. The van der Waals surface area contributed by atoms with Crippen molar-refractivity contribution in [2.45, 2.75) is 108 Å². The summed E-state index contributed by atoms with van der Waals surface area (Å²) < 4.78 is 41.3. The molecular weight excluding hydrogens is 493 g/mol. The third-order valence-corrected chi connectivity index (χ3v) is 9.66. The first kappa shape index (κ1) is 25.1. The number of fused-ring (bicyclic) bond motifs is 3. The van der Waals surface area contributed by atoms with Gasteiger partial charge in [0.05, 0.1) is 12.7 Å². The van der Waals surface area contributed by atoms with Crippen molar-refractivity contribution in [3.63, 3.8) is 0 Å². The van der Waals surface area contributed by atoms with Crippen LogP contribution >= 0.6 is 8.53 Å². The minimum atomic E-state index is -1.52. The van der Waals surface area contributed by atoms with Crippen molar-refractivity contribution in [1.82, 2.24) is 14.2 Å². The molecule has 5 fully saturated rings. The van der Waals surface area contributed by atoms with Gasteiger partial charge in [0.1, 0.15) is 30.6 Å². The van der Waals surface area contributed by atoms with Crippen LogP contribution in [0.25, 0.3) is 0 Å². The van der Waals surface area contributed by atoms with E-state index in [4.69, 9.17) is 28.0 Å². The van der Waals surface area contributed by atoms with Crippen molar-refractivity contribution in [3.05, 3.63) is 32.6 Å². The fourth-order valence-electron chi connectivity index (χ4n) is 5.79. The van der Waals surface area contributed by atoms with Crippen LogP contribution < -0.4 is 11.2 Å². The smallest absolute Gasteiger partial charge is 0.330 e. The molecule has 8 atom stereocenters. The van der Waals surface area contributed by atoms with E-state index >= 15 is 0 Å². The first-order valence-electron chi connectivity index (χ1n) is 12.8. The molecule has 6 rings (SSSR count). The van der Waals surface area contributed by atoms with E-state index in [2.05, 4.69) is 23.5 Å². The monoisotopic (exact) mass is 527 g/mol. The summed E-state index contributed by atoms with van der Waals surface area (Å²) in [5.74, 6) is -0.557. The molecule has 13 heteroatoms. The van der Waals surface area contributed by atoms with Crippen molar-refractivity contribution >= 4 is 8.53 Å². The SMILES string of the molecule is Cc1cn([C@H]2C[C@H](OP3O[C@@H]4[C@H]5OC6(CCCC6)O[C@H]5O[C@@H]4CN3C(C)C)[C@@H](CO)O2)c(=O)[nH]c1=O. The first-order chi connectivity index (χ1) is 17.3. The second-order valence-corrected chi connectivity index (χ2v) is 12.0. The van der Waals surface area contributed by atoms with Gasteiger partial charge in [-0.25, -0.2) is 9.46 Å². The Morgan fingerprint density at radius 3 is 2.72 bits per heavy atom. The predicted molar refractivity (Wildman–Crippen MR) is 126 cm³/mol. The highest BCUT2D eigenvalue weighted by Crippen LogP contribution is 2.57. The van der Waals surface area contributed by atoms with Crippen LogP contribution in [-0.2, 0) is 28.0 Å². The maximum atomic E-state index is 12.4. The summed E-state index contributed by atoms with van der Waals surface area (Å²) in [4.78, 5) is 26.5. The topological polar surface area (TPSA) is 134 Å². The lowest BCUT2D eigenvalue weighted by molar-refractivity contribution is -0.231. The Morgan fingerprint density at radius 1 is 1.22 bits per heavy atom. The third kappa shape index (κ3) is 4.30. The van der Waals surface area contributed by atoms with Crippen molar-refractivity contribution in [2.75, 3.05) is 13.2 Å². The Labute approximate surface area is 209 Å². The van der Waals surface area contributed by atoms with Crippen LogP contribution in [0, 0.1) is 6.92 Å². The molecule has 4 saturated heterocycles. The van der Waals surface area contributed by atoms with E-state index in [0.717, 1.165) is 25.7 Å². The highest BCUT2D eigenvalue weighted by molar-refractivity contribution is 7.44. The molecular formula is C23H34N3O9P. The number of aliphatic hydroxyl groups excluding tert-OH is 1. The molecule has 1 saturated carbocycles. The lowest BCUT2D eigenvalue weighted by Gasteiger charge is -2.43. The van der Waals surface area contributed by atoms with Crippen molar-refractivity contribution < 1.29 is 33.1 Å². The van der Waals surface area contributed by atoms with E-state index < -0.39 is 50.3 Å². The van der Waals surface area contributed by atoms with E-state index in [0.29, 0.717) is 18.5 Å². The number of aromatic amines is 1. The predicted octanol–water partition coefficient (Wildman–Crippen LogP) is 1.26. The molecule has 5 heterocycles. The zero-order valence-electron chi connectivity index (χ0n) is 20.7. The number of hydrogen-bond acceptors (Lipinski definition) is 10. The summed E-state index contributed by atoms with van der Waals surface area (Å²) in [6.07, 6.45) is 2.61. The van der Waals surface area contributed by atoms with Crippen molar-refractivity contribution in [1.29, 1.82) is 0 Å². The molecule has 200 valence electrons. The van der Waals surface area contributed by atoms with E-state index in [-0.39, 0.29) is 31.0 Å². The average Bonchev–Trinajstić information content (AvgIpc) is 3.60. The minimum Gasteiger partial charge on any atom is -0.394 e. The van der Waals surface area contributed by atoms with Crippen LogP contribution in [0.4, 0.5) is 0 Å². The van der Waals surface area contributed by atoms with Gasteiger partial charge >= 0.3 is 5.69 Å². The number of ether oxygens (including phenoxy) is 4. The van der Waals surface area contributed by atoms with Crippen LogP contribution in [0.15, 0.2) is 15.8 Å². The normalized spacial score (nSPS) is 39.8. The molecule has 0 radical (unpaired) electrons. The summed E-state index contributed by atoms with van der Waals surface area (Å²) in [5, 5.41) is 10.0. The molecule has 12 nitrogen and oxygen atoms in total. The van der Waals surface area contributed by atoms with Crippen LogP contribution in [0.1, 0.15) is 57.7 Å². The fraction of sp³-hybridized carbons (Fsp3) is 0.826. The summed E-state index contributed by atoms with van der Waals surface area (Å²) in [5.41, 5.74) is -0.598. The van der Waals surface area contributed by atoms with E-state index in [1.165, 1.54) is 10.8 Å². The number of rotatable bonds is 5. The molecule has 2 N–H and O–H groups in total. The number of aromatic nitrogens is 2. The Morgan fingerprint density at radius 2 is 2.00 bits per heavy atom. The molecule has 1 spiro atoms. The van der Waals surface area contributed by atoms with Crippen LogP contribution in [-0.4, -0.2) is 81.1 Å². The second kappa shape index (κ2) is 9.52. The van der Waals surface area contributed by atoms with Gasteiger partial charge in [-0.15, -0.1) is 0 Å². The lowest BCUT2D eigenvalue weighted by Crippen LogP contribution is -2.49. The third-order valence-electron chi connectivity index (χ3n) is 7.74. The van der Waals surface area contributed by atoms with E-state index in [1.54, 1.807) is 6.92 Å². The second-order valence-electron chi connectivity index (χ2n) is 10.6. The zero-order chi connectivity index (χ0) is 25.2. The highest BCUT2D eigenvalue weighted by Gasteiger charge is 2.61. The number of nitrogens with one attached hydrogen (secondary N) is 1. The van der Waals surface area contributed by atoms with Gasteiger partial charge in [-0.05, 0) is 33.6 Å². The number of H-pyrrole nitrogens is 1. The van der Waals surface area contributed by atoms with E-state index in [1.807, 2.05) is 0 Å². The molecule has 1 unspecified atom stereocenters. The molecule has 5 aliphatic rings. The van der Waals surface area contributed by atoms with Gasteiger partial charge in [0.25, 0.3) is 14.1 Å². The lowest BCUT2D eigenvalue weighted by atomic mass is 10.1. The number of aliphatic hydroxyl groups is 1. The standard InChI is InChI=1S/C23H34N3O9P/c1-12(2)26-10-15-18(19-21(31-15)33-23(32-19)6-4-5-7-23)35-36(26)34-14-8-17(30-16(14)11-27)25-9-13(3)20(28)24-22(25)29/h9,12,14-19,21,27H,4-8,10-11H2,1-3H3,(H,24,28,29)/t14-,15+,16+,17+,18-,19+,21+,36?/m0/s1. The molecule has 36 heavy (non-hydrogen) atoms. The molecule has 1 aromatic heterocycles. The van der Waals surface area contributed by atoms with Crippen LogP contribution in [0.2, 0.25) is 0 Å². The molecule has 0 amide bonds. The summed E-state index contributed by atoms with van der Waals surface area (Å²) in [7, 11) is -1.52. The van der Waals surface area contributed by atoms with Gasteiger partial charge in [-0.3, -0.25) is 14.3 Å². The fourth-order valence-corrected chi connectivity index (χ4v) is 7.67. The van der Waals surface area contributed by atoms with E-state index in [9.17, 15) is 14.7 Å². The van der Waals surface area contributed by atoms with Crippen molar-refractivity contribution in [3.8, 4) is 0 Å². The quantitative estimate of drug-likeness (QED) is 0.539. The number of hydrogen-bond donors (Lipinski definition) is 2. The Kier molecular flexibility index (Phi) is 6.63. The zero-order valence-corrected chi connectivity index (χ0v) is 21.6. The Bertz CT molecular complexity index is 1090. The summed E-state index contributed by atoms with van der Waals surface area (Å²) in [6.45, 7) is 6.10. The Hall–Kier alpha value is -1.21. The molecule has 0 bridgehead atoms. The first-order valence-corrected chi connectivity index (χ1v) is 13.9.